The van der Waals surface area contributed by atoms with E-state index in [9.17, 15) is 4.39 Å². The molecule has 0 amide bonds. The number of hydrogen-bond donors (Lipinski definition) is 1. The Bertz CT molecular complexity index is 752. The average molecular weight is 353 g/mol. The first-order valence-corrected chi connectivity index (χ1v) is 9.69. The van der Waals surface area contributed by atoms with E-state index < -0.39 is 0 Å². The van der Waals surface area contributed by atoms with Crippen LogP contribution in [0.1, 0.15) is 47.2 Å². The van der Waals surface area contributed by atoms with E-state index in [0.29, 0.717) is 12.6 Å². The molecule has 2 N–H and O–H groups in total. The van der Waals surface area contributed by atoms with Crippen LogP contribution in [0.15, 0.2) is 42.5 Å². The molecule has 0 radical (unpaired) electrons. The molecular weight excluding hydrogens is 325 g/mol. The van der Waals surface area contributed by atoms with Crippen molar-refractivity contribution in [2.24, 2.45) is 5.73 Å². The summed E-state index contributed by atoms with van der Waals surface area (Å²) < 4.78 is 13.4. The van der Waals surface area contributed by atoms with Gasteiger partial charge in [-0.2, -0.15) is 0 Å². The van der Waals surface area contributed by atoms with Crippen LogP contribution >= 0.6 is 0 Å². The molecule has 4 heteroatoms. The Morgan fingerprint density at radius 2 is 1.85 bits per heavy atom. The van der Waals surface area contributed by atoms with Crippen molar-refractivity contribution in [1.82, 2.24) is 9.80 Å². The monoisotopic (exact) mass is 353 g/mol. The minimum atomic E-state index is -0.169. The third-order valence-corrected chi connectivity index (χ3v) is 5.94. The lowest BCUT2D eigenvalue weighted by molar-refractivity contribution is 0.135. The number of hydrogen-bond acceptors (Lipinski definition) is 3. The smallest absolute Gasteiger partial charge is 0.123 e. The summed E-state index contributed by atoms with van der Waals surface area (Å²) in [6.07, 6.45) is 2.49. The summed E-state index contributed by atoms with van der Waals surface area (Å²) in [7, 11) is 0. The molecule has 2 aliphatic heterocycles. The van der Waals surface area contributed by atoms with Crippen molar-refractivity contribution < 1.29 is 4.39 Å². The number of benzene rings is 2. The summed E-state index contributed by atoms with van der Waals surface area (Å²) in [6.45, 7) is 6.89. The highest BCUT2D eigenvalue weighted by molar-refractivity contribution is 5.38. The van der Waals surface area contributed by atoms with E-state index in [1.807, 2.05) is 12.1 Å². The molecule has 4 rings (SSSR count). The molecule has 2 aromatic carbocycles. The number of halogens is 1. The highest BCUT2D eigenvalue weighted by Gasteiger charge is 2.33. The van der Waals surface area contributed by atoms with Gasteiger partial charge in [-0.25, -0.2) is 4.39 Å². The van der Waals surface area contributed by atoms with Gasteiger partial charge in [0.15, 0.2) is 0 Å². The maximum Gasteiger partial charge on any atom is 0.123 e. The lowest BCUT2D eigenvalue weighted by Crippen LogP contribution is -2.38. The topological polar surface area (TPSA) is 32.5 Å². The molecule has 1 fully saturated rings. The van der Waals surface area contributed by atoms with Crippen molar-refractivity contribution in [3.63, 3.8) is 0 Å². The minimum absolute atomic E-state index is 0.169. The standard InChI is InChI=1S/C22H28FN3/c1-16-4-5-18-14-26(21(13-24)20(18)12-16)15-22(25-10-2-3-11-25)17-6-8-19(23)9-7-17/h4-9,12,21-22H,2-3,10-11,13-15,24H2,1H3. The SMILES string of the molecule is Cc1ccc2c(c1)C(CN)N(CC(c1ccc(F)cc1)N1CCCC1)C2. The summed E-state index contributed by atoms with van der Waals surface area (Å²) in [4.78, 5) is 5.06. The molecule has 0 spiro atoms. The third kappa shape index (κ3) is 3.41. The quantitative estimate of drug-likeness (QED) is 0.888. The molecule has 2 atom stereocenters. The van der Waals surface area contributed by atoms with Crippen LogP contribution in [0, 0.1) is 12.7 Å². The molecule has 26 heavy (non-hydrogen) atoms. The minimum Gasteiger partial charge on any atom is -0.329 e. The molecule has 3 nitrogen and oxygen atoms in total. The van der Waals surface area contributed by atoms with E-state index >= 15 is 0 Å². The van der Waals surface area contributed by atoms with Crippen molar-refractivity contribution in [2.75, 3.05) is 26.2 Å². The summed E-state index contributed by atoms with van der Waals surface area (Å²) >= 11 is 0. The van der Waals surface area contributed by atoms with Gasteiger partial charge in [0.1, 0.15) is 5.82 Å². The fourth-order valence-corrected chi connectivity index (χ4v) is 4.55. The van der Waals surface area contributed by atoms with Gasteiger partial charge in [-0.3, -0.25) is 9.80 Å². The number of nitrogens with two attached hydrogens (primary N) is 1. The van der Waals surface area contributed by atoms with Gasteiger partial charge in [0.25, 0.3) is 0 Å². The average Bonchev–Trinajstić information content (AvgIpc) is 3.27. The van der Waals surface area contributed by atoms with Crippen LogP contribution in [-0.4, -0.2) is 36.0 Å². The lowest BCUT2D eigenvalue weighted by atomic mass is 10.0. The van der Waals surface area contributed by atoms with E-state index in [1.165, 1.54) is 35.1 Å². The fourth-order valence-electron chi connectivity index (χ4n) is 4.55. The van der Waals surface area contributed by atoms with Crippen molar-refractivity contribution in [1.29, 1.82) is 0 Å². The Kier molecular flexibility index (Phi) is 5.07. The van der Waals surface area contributed by atoms with E-state index in [0.717, 1.165) is 26.2 Å². The predicted octanol–water partition coefficient (Wildman–Crippen LogP) is 3.79. The van der Waals surface area contributed by atoms with Crippen LogP contribution in [0.3, 0.4) is 0 Å². The molecule has 0 bridgehead atoms. The first-order valence-electron chi connectivity index (χ1n) is 9.69. The summed E-state index contributed by atoms with van der Waals surface area (Å²) in [5, 5.41) is 0. The number of aryl methyl sites for hydroxylation is 1. The maximum atomic E-state index is 13.4. The molecule has 2 aromatic rings. The van der Waals surface area contributed by atoms with Crippen LogP contribution in [0.4, 0.5) is 4.39 Å². The van der Waals surface area contributed by atoms with Gasteiger partial charge >= 0.3 is 0 Å². The van der Waals surface area contributed by atoms with Crippen LogP contribution in [0.25, 0.3) is 0 Å². The lowest BCUT2D eigenvalue weighted by Gasteiger charge is -2.34. The number of rotatable bonds is 5. The Hall–Kier alpha value is -1.75. The third-order valence-electron chi connectivity index (χ3n) is 5.94. The van der Waals surface area contributed by atoms with Gasteiger partial charge in [-0.05, 0) is 61.7 Å². The first-order chi connectivity index (χ1) is 12.7. The number of nitrogens with zero attached hydrogens (tertiary/aromatic N) is 2. The van der Waals surface area contributed by atoms with E-state index in [-0.39, 0.29) is 11.9 Å². The number of fused-ring (bicyclic) bond motifs is 1. The van der Waals surface area contributed by atoms with Crippen LogP contribution in [0.5, 0.6) is 0 Å². The van der Waals surface area contributed by atoms with Gasteiger partial charge in [0, 0.05) is 31.7 Å². The maximum absolute atomic E-state index is 13.4. The zero-order valence-corrected chi connectivity index (χ0v) is 15.5. The Labute approximate surface area is 155 Å². The molecule has 2 heterocycles. The Morgan fingerprint density at radius 1 is 1.12 bits per heavy atom. The molecule has 2 aliphatic rings. The summed E-state index contributed by atoms with van der Waals surface area (Å²) in [6, 6.07) is 14.4. The van der Waals surface area contributed by atoms with Gasteiger partial charge in [0.2, 0.25) is 0 Å². The zero-order chi connectivity index (χ0) is 18.1. The largest absolute Gasteiger partial charge is 0.329 e. The van der Waals surface area contributed by atoms with Crippen molar-refractivity contribution in [3.8, 4) is 0 Å². The molecular formula is C22H28FN3. The van der Waals surface area contributed by atoms with Crippen molar-refractivity contribution >= 4 is 0 Å². The van der Waals surface area contributed by atoms with Gasteiger partial charge in [0.05, 0.1) is 0 Å². The highest BCUT2D eigenvalue weighted by Crippen LogP contribution is 2.36. The normalized spacial score (nSPS) is 21.9. The highest BCUT2D eigenvalue weighted by atomic mass is 19.1. The molecule has 2 unspecified atom stereocenters. The summed E-state index contributed by atoms with van der Waals surface area (Å²) in [5.41, 5.74) is 11.4. The van der Waals surface area contributed by atoms with Crippen LogP contribution in [-0.2, 0) is 6.54 Å². The van der Waals surface area contributed by atoms with E-state index in [2.05, 4.69) is 34.9 Å². The molecule has 1 saturated heterocycles. The predicted molar refractivity (Wildman–Crippen MR) is 103 cm³/mol. The zero-order valence-electron chi connectivity index (χ0n) is 15.5. The van der Waals surface area contributed by atoms with Crippen LogP contribution in [0.2, 0.25) is 0 Å². The van der Waals surface area contributed by atoms with E-state index in [4.69, 9.17) is 5.73 Å². The molecule has 0 aromatic heterocycles. The number of likely N-dealkylation sites (tertiary alicyclic amines) is 1. The first kappa shape index (κ1) is 17.7. The molecule has 0 aliphatic carbocycles. The van der Waals surface area contributed by atoms with Gasteiger partial charge < -0.3 is 5.73 Å². The fraction of sp³-hybridized carbons (Fsp3) is 0.455. The summed E-state index contributed by atoms with van der Waals surface area (Å²) in [5.74, 6) is -0.169. The van der Waals surface area contributed by atoms with Crippen molar-refractivity contribution in [2.45, 2.75) is 38.4 Å². The van der Waals surface area contributed by atoms with E-state index in [1.54, 1.807) is 12.1 Å². The second-order valence-corrected chi connectivity index (χ2v) is 7.69. The Balaban J connectivity index is 1.60. The van der Waals surface area contributed by atoms with Gasteiger partial charge in [-0.1, -0.05) is 35.9 Å². The van der Waals surface area contributed by atoms with Crippen molar-refractivity contribution in [3.05, 3.63) is 70.5 Å². The Morgan fingerprint density at radius 3 is 2.54 bits per heavy atom. The second kappa shape index (κ2) is 7.47. The van der Waals surface area contributed by atoms with Gasteiger partial charge in [-0.15, -0.1) is 0 Å². The van der Waals surface area contributed by atoms with Crippen LogP contribution < -0.4 is 5.73 Å². The second-order valence-electron chi connectivity index (χ2n) is 7.69. The molecule has 0 saturated carbocycles. The molecule has 138 valence electrons.